The van der Waals surface area contributed by atoms with Gasteiger partial charge in [0.15, 0.2) is 0 Å². The second-order valence-electron chi connectivity index (χ2n) is 5.63. The van der Waals surface area contributed by atoms with Crippen molar-refractivity contribution in [3.05, 3.63) is 35.9 Å². The first-order valence-corrected chi connectivity index (χ1v) is 6.89. The lowest BCUT2D eigenvalue weighted by atomic mass is 9.77. The van der Waals surface area contributed by atoms with Crippen molar-refractivity contribution in [1.29, 1.82) is 0 Å². The maximum absolute atomic E-state index is 10.8. The van der Waals surface area contributed by atoms with E-state index in [0.717, 1.165) is 19.1 Å². The van der Waals surface area contributed by atoms with E-state index in [1.807, 2.05) is 0 Å². The molecule has 18 heavy (non-hydrogen) atoms. The molecule has 2 nitrogen and oxygen atoms in total. The van der Waals surface area contributed by atoms with Crippen LogP contribution in [0.1, 0.15) is 37.3 Å². The highest BCUT2D eigenvalue weighted by Gasteiger charge is 2.29. The van der Waals surface area contributed by atoms with Crippen molar-refractivity contribution in [3.63, 3.8) is 0 Å². The Morgan fingerprint density at radius 1 is 1.11 bits per heavy atom. The first-order chi connectivity index (χ1) is 8.72. The molecule has 0 N–H and O–H groups in total. The van der Waals surface area contributed by atoms with Crippen LogP contribution in [-0.4, -0.2) is 25.3 Å². The van der Waals surface area contributed by atoms with Crippen LogP contribution in [0.4, 0.5) is 0 Å². The van der Waals surface area contributed by atoms with Gasteiger partial charge in [0, 0.05) is 12.0 Å². The van der Waals surface area contributed by atoms with Crippen molar-refractivity contribution >= 4 is 6.29 Å². The van der Waals surface area contributed by atoms with Crippen LogP contribution >= 0.6 is 0 Å². The average Bonchev–Trinajstić information content (AvgIpc) is 2.40. The molecule has 0 aromatic heterocycles. The Hall–Kier alpha value is -1.15. The van der Waals surface area contributed by atoms with E-state index in [1.54, 1.807) is 0 Å². The summed E-state index contributed by atoms with van der Waals surface area (Å²) in [6, 6.07) is 11.2. The van der Waals surface area contributed by atoms with Gasteiger partial charge in [-0.15, -0.1) is 0 Å². The van der Waals surface area contributed by atoms with Gasteiger partial charge in [-0.25, -0.2) is 0 Å². The lowest BCUT2D eigenvalue weighted by molar-refractivity contribution is -0.112. The van der Waals surface area contributed by atoms with Gasteiger partial charge in [0.2, 0.25) is 0 Å². The molecular weight excluding hydrogens is 222 g/mol. The number of benzene rings is 1. The summed E-state index contributed by atoms with van der Waals surface area (Å²) < 4.78 is 0. The molecule has 98 valence electrons. The van der Waals surface area contributed by atoms with E-state index >= 15 is 0 Å². The third-order valence-corrected chi connectivity index (χ3v) is 4.15. The van der Waals surface area contributed by atoms with Crippen LogP contribution < -0.4 is 0 Å². The molecular formula is C16H23NO. The minimum Gasteiger partial charge on any atom is -0.303 e. The van der Waals surface area contributed by atoms with Gasteiger partial charge in [0.05, 0.1) is 0 Å². The standard InChI is InChI=1S/C16H23NO/c1-17(2)16(14-6-4-3-5-7-14)15-10-8-13(12-18)9-11-15/h3-7,12-13,15-16H,8-11H2,1-2H3. The zero-order chi connectivity index (χ0) is 13.0. The Labute approximate surface area is 110 Å². The van der Waals surface area contributed by atoms with E-state index in [2.05, 4.69) is 49.3 Å². The summed E-state index contributed by atoms with van der Waals surface area (Å²) in [5.41, 5.74) is 1.40. The van der Waals surface area contributed by atoms with Crippen molar-refractivity contribution in [2.24, 2.45) is 11.8 Å². The quantitative estimate of drug-likeness (QED) is 0.759. The molecule has 2 rings (SSSR count). The van der Waals surface area contributed by atoms with Crippen molar-refractivity contribution in [2.75, 3.05) is 14.1 Å². The Kier molecular flexibility index (Phi) is 4.54. The molecule has 1 fully saturated rings. The first-order valence-electron chi connectivity index (χ1n) is 6.89. The van der Waals surface area contributed by atoms with Crippen molar-refractivity contribution in [2.45, 2.75) is 31.7 Å². The topological polar surface area (TPSA) is 20.3 Å². The van der Waals surface area contributed by atoms with Gasteiger partial charge in [0.1, 0.15) is 6.29 Å². The summed E-state index contributed by atoms with van der Waals surface area (Å²) in [5, 5.41) is 0. The summed E-state index contributed by atoms with van der Waals surface area (Å²) in [6.45, 7) is 0. The minimum absolute atomic E-state index is 0.305. The summed E-state index contributed by atoms with van der Waals surface area (Å²) in [7, 11) is 4.31. The molecule has 0 aliphatic heterocycles. The number of carbonyl (C=O) groups excluding carboxylic acids is 1. The molecule has 2 heteroatoms. The molecule has 1 atom stereocenters. The van der Waals surface area contributed by atoms with E-state index in [0.29, 0.717) is 17.9 Å². The van der Waals surface area contributed by atoms with Crippen LogP contribution in [0.15, 0.2) is 30.3 Å². The van der Waals surface area contributed by atoms with Crippen molar-refractivity contribution < 1.29 is 4.79 Å². The van der Waals surface area contributed by atoms with E-state index in [4.69, 9.17) is 0 Å². The third kappa shape index (κ3) is 2.99. The number of nitrogens with zero attached hydrogens (tertiary/aromatic N) is 1. The second-order valence-corrected chi connectivity index (χ2v) is 5.63. The summed E-state index contributed by atoms with van der Waals surface area (Å²) in [4.78, 5) is 13.2. The highest BCUT2D eigenvalue weighted by atomic mass is 16.1. The third-order valence-electron chi connectivity index (χ3n) is 4.15. The lowest BCUT2D eigenvalue weighted by Crippen LogP contribution is -2.30. The molecule has 1 aliphatic rings. The molecule has 1 unspecified atom stereocenters. The van der Waals surface area contributed by atoms with Crippen LogP contribution in [0.3, 0.4) is 0 Å². The van der Waals surface area contributed by atoms with E-state index in [1.165, 1.54) is 18.4 Å². The number of hydrogen-bond donors (Lipinski definition) is 0. The predicted octanol–water partition coefficient (Wildman–Crippen LogP) is 3.29. The molecule has 1 saturated carbocycles. The van der Waals surface area contributed by atoms with Crippen LogP contribution in [-0.2, 0) is 4.79 Å². The monoisotopic (exact) mass is 245 g/mol. The number of carbonyl (C=O) groups is 1. The number of rotatable bonds is 4. The average molecular weight is 245 g/mol. The van der Waals surface area contributed by atoms with Gasteiger partial charge < -0.3 is 9.69 Å². The fourth-order valence-electron chi connectivity index (χ4n) is 3.24. The molecule has 1 aromatic carbocycles. The lowest BCUT2D eigenvalue weighted by Gasteiger charge is -2.36. The molecule has 0 bridgehead atoms. The number of hydrogen-bond acceptors (Lipinski definition) is 2. The fourth-order valence-corrected chi connectivity index (χ4v) is 3.24. The highest BCUT2D eigenvalue weighted by molar-refractivity contribution is 5.53. The first kappa shape index (κ1) is 13.3. The van der Waals surface area contributed by atoms with Gasteiger partial charge >= 0.3 is 0 Å². The normalized spacial score (nSPS) is 25.9. The van der Waals surface area contributed by atoms with Crippen LogP contribution in [0.25, 0.3) is 0 Å². The largest absolute Gasteiger partial charge is 0.303 e. The van der Waals surface area contributed by atoms with Gasteiger partial charge in [-0.1, -0.05) is 30.3 Å². The summed E-state index contributed by atoms with van der Waals surface area (Å²) in [6.07, 6.45) is 5.60. The molecule has 0 amide bonds. The van der Waals surface area contributed by atoms with Gasteiger partial charge in [-0.05, 0) is 51.3 Å². The SMILES string of the molecule is CN(C)C(c1ccccc1)C1CCC(C=O)CC1. The van der Waals surface area contributed by atoms with Gasteiger partial charge in [-0.2, -0.15) is 0 Å². The molecule has 1 aromatic rings. The summed E-state index contributed by atoms with van der Waals surface area (Å²) >= 11 is 0. The second kappa shape index (κ2) is 6.14. The molecule has 0 saturated heterocycles. The van der Waals surface area contributed by atoms with Gasteiger partial charge in [0.25, 0.3) is 0 Å². The van der Waals surface area contributed by atoms with Crippen LogP contribution in [0, 0.1) is 11.8 Å². The Bertz CT molecular complexity index is 366. The Morgan fingerprint density at radius 3 is 2.22 bits per heavy atom. The highest BCUT2D eigenvalue weighted by Crippen LogP contribution is 2.38. The maximum Gasteiger partial charge on any atom is 0.123 e. The smallest absolute Gasteiger partial charge is 0.123 e. The molecule has 0 spiro atoms. The molecule has 0 heterocycles. The zero-order valence-electron chi connectivity index (χ0n) is 11.4. The maximum atomic E-state index is 10.8. The zero-order valence-corrected chi connectivity index (χ0v) is 11.4. The molecule has 1 aliphatic carbocycles. The predicted molar refractivity (Wildman–Crippen MR) is 74.4 cm³/mol. The Morgan fingerprint density at radius 2 is 1.72 bits per heavy atom. The molecule has 0 radical (unpaired) electrons. The van der Waals surface area contributed by atoms with E-state index < -0.39 is 0 Å². The van der Waals surface area contributed by atoms with Crippen LogP contribution in [0.5, 0.6) is 0 Å². The Balaban J connectivity index is 2.10. The fraction of sp³-hybridized carbons (Fsp3) is 0.562. The van der Waals surface area contributed by atoms with E-state index in [-0.39, 0.29) is 0 Å². The van der Waals surface area contributed by atoms with Gasteiger partial charge in [-0.3, -0.25) is 0 Å². The van der Waals surface area contributed by atoms with Crippen LogP contribution in [0.2, 0.25) is 0 Å². The van der Waals surface area contributed by atoms with E-state index in [9.17, 15) is 4.79 Å². The van der Waals surface area contributed by atoms with Crippen molar-refractivity contribution in [1.82, 2.24) is 4.90 Å². The summed E-state index contributed by atoms with van der Waals surface area (Å²) in [5.74, 6) is 0.985. The van der Waals surface area contributed by atoms with Crippen molar-refractivity contribution in [3.8, 4) is 0 Å². The minimum atomic E-state index is 0.305. The number of aldehydes is 1.